The largest absolute Gasteiger partial charge is 0.444 e. The van der Waals surface area contributed by atoms with E-state index in [-0.39, 0.29) is 24.8 Å². The van der Waals surface area contributed by atoms with Gasteiger partial charge in [-0.15, -0.1) is 0 Å². The molecule has 0 fully saturated rings. The number of hydrogen-bond acceptors (Lipinski definition) is 6. The fraction of sp³-hybridized carbons (Fsp3) is 0.308. The van der Waals surface area contributed by atoms with Crippen LogP contribution in [0.1, 0.15) is 49.3 Å². The van der Waals surface area contributed by atoms with Crippen LogP contribution >= 0.6 is 0 Å². The molecule has 0 aliphatic carbocycles. The minimum Gasteiger partial charge on any atom is -0.444 e. The third kappa shape index (κ3) is 5.51. The topological polar surface area (TPSA) is 116 Å². The summed E-state index contributed by atoms with van der Waals surface area (Å²) in [4.78, 5) is 46.4. The van der Waals surface area contributed by atoms with Crippen LogP contribution in [0.3, 0.4) is 0 Å². The number of benzene rings is 1. The Morgan fingerprint density at radius 2 is 1.83 bits per heavy atom. The Bertz CT molecular complexity index is 1290. The number of fused-ring (bicyclic) bond motifs is 1. The van der Waals surface area contributed by atoms with Crippen LogP contribution in [0.2, 0.25) is 0 Å². The van der Waals surface area contributed by atoms with E-state index in [2.05, 4.69) is 20.6 Å². The van der Waals surface area contributed by atoms with Gasteiger partial charge in [0.15, 0.2) is 5.78 Å². The maximum absolute atomic E-state index is 13.3. The molecule has 1 aliphatic rings. The van der Waals surface area contributed by atoms with Gasteiger partial charge < -0.3 is 20.4 Å². The van der Waals surface area contributed by atoms with Crippen LogP contribution in [-0.2, 0) is 16.1 Å². The molecule has 3 aromatic rings. The van der Waals surface area contributed by atoms with E-state index in [9.17, 15) is 14.4 Å². The summed E-state index contributed by atoms with van der Waals surface area (Å²) in [5, 5.41) is 6.07. The first-order chi connectivity index (χ1) is 16.5. The number of Topliss-reactive ketones (excluding diaryl/α,β-unsaturated/α-hetero) is 1. The highest BCUT2D eigenvalue weighted by molar-refractivity contribution is 6.09. The molecule has 0 saturated heterocycles. The van der Waals surface area contributed by atoms with Crippen LogP contribution in [0.4, 0.5) is 22.0 Å². The lowest BCUT2D eigenvalue weighted by Gasteiger charge is -2.29. The second kappa shape index (κ2) is 9.25. The zero-order valence-electron chi connectivity index (χ0n) is 20.5. The highest BCUT2D eigenvalue weighted by atomic mass is 16.6. The molecule has 0 bridgehead atoms. The van der Waals surface area contributed by atoms with Crippen molar-refractivity contribution in [2.45, 2.75) is 46.8 Å². The van der Waals surface area contributed by atoms with Gasteiger partial charge in [-0.1, -0.05) is 17.7 Å². The molecule has 9 nitrogen and oxygen atoms in total. The molecule has 0 radical (unpaired) electrons. The maximum Gasteiger partial charge on any atom is 0.411 e. The van der Waals surface area contributed by atoms with Crippen molar-refractivity contribution in [2.24, 2.45) is 0 Å². The molecule has 3 N–H and O–H groups in total. The summed E-state index contributed by atoms with van der Waals surface area (Å²) in [5.74, 6) is -0.0439. The van der Waals surface area contributed by atoms with Crippen molar-refractivity contribution < 1.29 is 19.1 Å². The molecule has 1 aromatic carbocycles. The molecular formula is C26H29N5O4. The first-order valence-corrected chi connectivity index (χ1v) is 11.3. The Morgan fingerprint density at radius 3 is 2.49 bits per heavy atom. The number of hydrogen-bond donors (Lipinski definition) is 3. The van der Waals surface area contributed by atoms with Gasteiger partial charge in [0, 0.05) is 30.1 Å². The monoisotopic (exact) mass is 475 g/mol. The van der Waals surface area contributed by atoms with Crippen molar-refractivity contribution in [1.29, 1.82) is 0 Å². The van der Waals surface area contributed by atoms with Crippen molar-refractivity contribution in [3.05, 3.63) is 59.4 Å². The average molecular weight is 476 g/mol. The molecule has 182 valence electrons. The molecule has 9 heteroatoms. The molecule has 2 amide bonds. The van der Waals surface area contributed by atoms with Gasteiger partial charge in [0.25, 0.3) is 0 Å². The quantitative estimate of drug-likeness (QED) is 0.488. The van der Waals surface area contributed by atoms with Gasteiger partial charge >= 0.3 is 6.09 Å². The lowest BCUT2D eigenvalue weighted by Crippen LogP contribution is -2.42. The number of nitrogens with zero attached hydrogens (tertiary/aromatic N) is 2. The van der Waals surface area contributed by atoms with Crippen molar-refractivity contribution in [1.82, 2.24) is 14.9 Å². The van der Waals surface area contributed by atoms with Crippen LogP contribution < -0.4 is 10.6 Å². The average Bonchev–Trinajstić information content (AvgIpc) is 3.12. The van der Waals surface area contributed by atoms with Crippen LogP contribution in [-0.4, -0.2) is 44.8 Å². The predicted octanol–water partition coefficient (Wildman–Crippen LogP) is 5.02. The summed E-state index contributed by atoms with van der Waals surface area (Å²) in [6.07, 6.45) is 1.04. The molecule has 1 aliphatic heterocycles. The summed E-state index contributed by atoms with van der Waals surface area (Å²) in [5.41, 5.74) is 4.36. The zero-order chi connectivity index (χ0) is 25.3. The minimum atomic E-state index is -0.670. The molecule has 3 heterocycles. The van der Waals surface area contributed by atoms with Crippen molar-refractivity contribution in [3.63, 3.8) is 0 Å². The molecule has 0 spiro atoms. The van der Waals surface area contributed by atoms with Gasteiger partial charge in [0.2, 0.25) is 5.91 Å². The van der Waals surface area contributed by atoms with Crippen molar-refractivity contribution in [2.75, 3.05) is 17.2 Å². The number of aromatic amines is 1. The van der Waals surface area contributed by atoms with Crippen molar-refractivity contribution >= 4 is 35.0 Å². The number of anilines is 3. The number of rotatable bonds is 4. The fourth-order valence-electron chi connectivity index (χ4n) is 3.89. The number of aryl methyl sites for hydroxylation is 1. The number of amides is 2. The number of ketones is 1. The molecule has 35 heavy (non-hydrogen) atoms. The van der Waals surface area contributed by atoms with E-state index >= 15 is 0 Å². The normalized spacial score (nSPS) is 13.3. The standard InChI is InChI=1S/C26H29N5O4/c1-15-6-8-18(9-7-15)29-24-22-19(13-31(14-20(22)33)25(34)35-26(3,4)5)30-23(24)17-10-11-27-21(12-17)28-16(2)32/h6-12,29-30H,13-14H2,1-5H3,(H,27,28,32). The number of nitrogens with one attached hydrogen (secondary N) is 3. The number of carbonyl (C=O) groups is 3. The lowest BCUT2D eigenvalue weighted by molar-refractivity contribution is -0.114. The van der Waals surface area contributed by atoms with Crippen LogP contribution in [0, 0.1) is 6.92 Å². The number of aromatic nitrogens is 2. The fourth-order valence-corrected chi connectivity index (χ4v) is 3.89. The van der Waals surface area contributed by atoms with E-state index < -0.39 is 11.7 Å². The Hall–Kier alpha value is -4.14. The van der Waals surface area contributed by atoms with Crippen LogP contribution in [0.15, 0.2) is 42.6 Å². The van der Waals surface area contributed by atoms with Gasteiger partial charge in [-0.3, -0.25) is 14.5 Å². The molecular weight excluding hydrogens is 446 g/mol. The molecule has 2 aromatic heterocycles. The second-order valence-corrected chi connectivity index (χ2v) is 9.59. The van der Waals surface area contributed by atoms with Crippen LogP contribution in [0.5, 0.6) is 0 Å². The Balaban J connectivity index is 1.77. The van der Waals surface area contributed by atoms with Crippen molar-refractivity contribution in [3.8, 4) is 11.3 Å². The Labute approximate surface area is 203 Å². The zero-order valence-corrected chi connectivity index (χ0v) is 20.5. The predicted molar refractivity (Wildman–Crippen MR) is 134 cm³/mol. The van der Waals surface area contributed by atoms with Gasteiger partial charge in [0.05, 0.1) is 30.0 Å². The first-order valence-electron chi connectivity index (χ1n) is 11.3. The summed E-state index contributed by atoms with van der Waals surface area (Å²) >= 11 is 0. The van der Waals surface area contributed by atoms with Gasteiger partial charge in [-0.25, -0.2) is 9.78 Å². The maximum atomic E-state index is 13.3. The summed E-state index contributed by atoms with van der Waals surface area (Å²) < 4.78 is 5.48. The van der Waals surface area contributed by atoms with E-state index in [0.717, 1.165) is 16.8 Å². The smallest absolute Gasteiger partial charge is 0.411 e. The third-order valence-electron chi connectivity index (χ3n) is 5.37. The highest BCUT2D eigenvalue weighted by Crippen LogP contribution is 2.38. The molecule has 0 unspecified atom stereocenters. The van der Waals surface area contributed by atoms with E-state index in [0.29, 0.717) is 28.5 Å². The molecule has 4 rings (SSSR count). The van der Waals surface area contributed by atoms with E-state index in [4.69, 9.17) is 4.74 Å². The second-order valence-electron chi connectivity index (χ2n) is 9.59. The lowest BCUT2D eigenvalue weighted by atomic mass is 10.0. The summed E-state index contributed by atoms with van der Waals surface area (Å²) in [6.45, 7) is 8.88. The minimum absolute atomic E-state index is 0.0880. The number of H-pyrrole nitrogens is 1. The van der Waals surface area contributed by atoms with Gasteiger partial charge in [-0.2, -0.15) is 0 Å². The number of carbonyl (C=O) groups excluding carboxylic acids is 3. The SMILES string of the molecule is CC(=O)Nc1cc(-c2[nH]c3c(c2Nc2ccc(C)cc2)C(=O)CN(C(=O)OC(C)(C)C)C3)ccn1. The molecule has 0 atom stereocenters. The summed E-state index contributed by atoms with van der Waals surface area (Å²) in [7, 11) is 0. The Kier molecular flexibility index (Phi) is 6.34. The van der Waals surface area contributed by atoms with E-state index in [1.54, 1.807) is 39.1 Å². The van der Waals surface area contributed by atoms with Crippen LogP contribution in [0.25, 0.3) is 11.3 Å². The highest BCUT2D eigenvalue weighted by Gasteiger charge is 2.34. The Morgan fingerprint density at radius 1 is 1.11 bits per heavy atom. The molecule has 0 saturated carbocycles. The van der Waals surface area contributed by atoms with Gasteiger partial charge in [-0.05, 0) is 52.0 Å². The van der Waals surface area contributed by atoms with Gasteiger partial charge in [0.1, 0.15) is 11.4 Å². The van der Waals surface area contributed by atoms with E-state index in [1.165, 1.54) is 11.8 Å². The first kappa shape index (κ1) is 24.0. The van der Waals surface area contributed by atoms with E-state index in [1.807, 2.05) is 31.2 Å². The number of pyridine rings is 1. The summed E-state index contributed by atoms with van der Waals surface area (Å²) in [6, 6.07) is 11.4. The number of ether oxygens (including phenoxy) is 1. The third-order valence-corrected chi connectivity index (χ3v) is 5.37.